The molecular formula is C8H10F2O. The number of rotatable bonds is 5. The Balaban J connectivity index is 3.75. The maximum Gasteiger partial charge on any atom is 0.296 e. The molecule has 0 aliphatic carbocycles. The Kier molecular flexibility index (Phi) is 4.34. The monoisotopic (exact) mass is 160 g/mol. The predicted octanol–water partition coefficient (Wildman–Crippen LogP) is 2.34. The lowest BCUT2D eigenvalue weighted by Gasteiger charge is -1.99. The molecule has 0 fully saturated rings. The minimum absolute atomic E-state index is 0.246. The van der Waals surface area contributed by atoms with Gasteiger partial charge in [0.25, 0.3) is 6.43 Å². The van der Waals surface area contributed by atoms with Crippen molar-refractivity contribution in [2.24, 2.45) is 0 Å². The van der Waals surface area contributed by atoms with Gasteiger partial charge in [-0.3, -0.25) is 4.79 Å². The summed E-state index contributed by atoms with van der Waals surface area (Å²) in [6.45, 7) is 6.83. The van der Waals surface area contributed by atoms with Gasteiger partial charge in [-0.05, 0) is 6.42 Å². The fourth-order valence-electron chi connectivity index (χ4n) is 0.600. The molecule has 0 N–H and O–H groups in total. The first-order chi connectivity index (χ1) is 5.07. The van der Waals surface area contributed by atoms with Crippen LogP contribution in [0.2, 0.25) is 0 Å². The maximum absolute atomic E-state index is 11.6. The van der Waals surface area contributed by atoms with Crippen LogP contribution in [0.15, 0.2) is 24.8 Å². The van der Waals surface area contributed by atoms with E-state index in [2.05, 4.69) is 13.2 Å². The lowest BCUT2D eigenvalue weighted by molar-refractivity contribution is -0.128. The fraction of sp³-hybridized carbons (Fsp3) is 0.375. The SMILES string of the molecule is C=CCC(=C)CC(=O)C(F)F. The Labute approximate surface area is 64.4 Å². The largest absolute Gasteiger partial charge is 0.296 e. The minimum Gasteiger partial charge on any atom is -0.293 e. The Bertz CT molecular complexity index is 173. The third-order valence-corrected chi connectivity index (χ3v) is 1.10. The molecule has 0 aromatic rings. The second-order valence-electron chi connectivity index (χ2n) is 2.19. The van der Waals surface area contributed by atoms with E-state index in [0.717, 1.165) is 0 Å². The van der Waals surface area contributed by atoms with Crippen molar-refractivity contribution < 1.29 is 13.6 Å². The molecular weight excluding hydrogens is 150 g/mol. The molecule has 0 bridgehead atoms. The number of allylic oxidation sites excluding steroid dienone is 2. The van der Waals surface area contributed by atoms with E-state index >= 15 is 0 Å². The summed E-state index contributed by atoms with van der Waals surface area (Å²) in [5, 5.41) is 0. The van der Waals surface area contributed by atoms with Crippen LogP contribution in [0.5, 0.6) is 0 Å². The van der Waals surface area contributed by atoms with Gasteiger partial charge in [-0.1, -0.05) is 18.2 Å². The van der Waals surface area contributed by atoms with Crippen LogP contribution in [0.4, 0.5) is 8.78 Å². The lowest BCUT2D eigenvalue weighted by atomic mass is 10.1. The van der Waals surface area contributed by atoms with E-state index in [4.69, 9.17) is 0 Å². The summed E-state index contributed by atoms with van der Waals surface area (Å²) in [5.41, 5.74) is 0.477. The second kappa shape index (κ2) is 4.77. The fourth-order valence-corrected chi connectivity index (χ4v) is 0.600. The molecule has 0 saturated carbocycles. The number of alkyl halides is 2. The summed E-state index contributed by atoms with van der Waals surface area (Å²) < 4.78 is 23.2. The van der Waals surface area contributed by atoms with Gasteiger partial charge in [-0.25, -0.2) is 8.78 Å². The van der Waals surface area contributed by atoms with E-state index in [0.29, 0.717) is 12.0 Å². The van der Waals surface area contributed by atoms with Gasteiger partial charge in [0.05, 0.1) is 0 Å². The highest BCUT2D eigenvalue weighted by atomic mass is 19.3. The van der Waals surface area contributed by atoms with Crippen LogP contribution in [0.3, 0.4) is 0 Å². The van der Waals surface area contributed by atoms with Gasteiger partial charge >= 0.3 is 0 Å². The van der Waals surface area contributed by atoms with Gasteiger partial charge in [0, 0.05) is 6.42 Å². The molecule has 0 aromatic carbocycles. The highest BCUT2D eigenvalue weighted by molar-refractivity contribution is 5.83. The summed E-state index contributed by atoms with van der Waals surface area (Å²) in [6.07, 6.45) is -1.18. The van der Waals surface area contributed by atoms with Crippen molar-refractivity contribution >= 4 is 5.78 Å². The first-order valence-electron chi connectivity index (χ1n) is 3.16. The van der Waals surface area contributed by atoms with Gasteiger partial charge in [0.1, 0.15) is 0 Å². The van der Waals surface area contributed by atoms with Crippen LogP contribution in [0.25, 0.3) is 0 Å². The van der Waals surface area contributed by atoms with Crippen molar-refractivity contribution in [2.75, 3.05) is 0 Å². The molecule has 3 heteroatoms. The molecule has 0 unspecified atom stereocenters. The first kappa shape index (κ1) is 10.0. The van der Waals surface area contributed by atoms with Crippen molar-refractivity contribution in [3.63, 3.8) is 0 Å². The Hall–Kier alpha value is -0.990. The van der Waals surface area contributed by atoms with Crippen LogP contribution in [0.1, 0.15) is 12.8 Å². The summed E-state index contributed by atoms with van der Waals surface area (Å²) in [6, 6.07) is 0. The molecule has 1 nitrogen and oxygen atoms in total. The van der Waals surface area contributed by atoms with Crippen LogP contribution < -0.4 is 0 Å². The number of halogens is 2. The molecule has 0 heterocycles. The van der Waals surface area contributed by atoms with E-state index in [1.54, 1.807) is 0 Å². The van der Waals surface area contributed by atoms with Crippen molar-refractivity contribution in [3.8, 4) is 0 Å². The zero-order chi connectivity index (χ0) is 8.85. The molecule has 0 aliphatic heterocycles. The van der Waals surface area contributed by atoms with Crippen molar-refractivity contribution in [1.82, 2.24) is 0 Å². The normalized spacial score (nSPS) is 9.73. The average Bonchev–Trinajstić information content (AvgIpc) is 1.87. The Morgan fingerprint density at radius 1 is 1.55 bits per heavy atom. The molecule has 0 aromatic heterocycles. The van der Waals surface area contributed by atoms with Crippen LogP contribution in [-0.2, 0) is 4.79 Å². The van der Waals surface area contributed by atoms with Crippen LogP contribution >= 0.6 is 0 Å². The third-order valence-electron chi connectivity index (χ3n) is 1.10. The summed E-state index contributed by atoms with van der Waals surface area (Å²) in [7, 11) is 0. The van der Waals surface area contributed by atoms with Gasteiger partial charge < -0.3 is 0 Å². The van der Waals surface area contributed by atoms with Crippen molar-refractivity contribution in [1.29, 1.82) is 0 Å². The molecule has 11 heavy (non-hydrogen) atoms. The number of hydrogen-bond acceptors (Lipinski definition) is 1. The quantitative estimate of drug-likeness (QED) is 0.564. The zero-order valence-corrected chi connectivity index (χ0v) is 6.15. The maximum atomic E-state index is 11.6. The molecule has 0 atom stereocenters. The summed E-state index contributed by atoms with van der Waals surface area (Å²) in [5.74, 6) is -1.07. The number of hydrogen-bond donors (Lipinski definition) is 0. The molecule has 0 spiro atoms. The second-order valence-corrected chi connectivity index (χ2v) is 2.19. The molecule has 0 amide bonds. The first-order valence-corrected chi connectivity index (χ1v) is 3.16. The Morgan fingerprint density at radius 3 is 2.45 bits per heavy atom. The van der Waals surface area contributed by atoms with Gasteiger partial charge in [0.2, 0.25) is 5.78 Å². The van der Waals surface area contributed by atoms with Gasteiger partial charge in [-0.15, -0.1) is 6.58 Å². The van der Waals surface area contributed by atoms with Crippen LogP contribution in [0, 0.1) is 0 Å². The third kappa shape index (κ3) is 4.42. The van der Waals surface area contributed by atoms with E-state index < -0.39 is 12.2 Å². The van der Waals surface area contributed by atoms with E-state index in [1.807, 2.05) is 0 Å². The number of ketones is 1. The van der Waals surface area contributed by atoms with Crippen LogP contribution in [-0.4, -0.2) is 12.2 Å². The Morgan fingerprint density at radius 2 is 2.09 bits per heavy atom. The number of carbonyl (C=O) groups excluding carboxylic acids is 1. The predicted molar refractivity (Wildman–Crippen MR) is 39.6 cm³/mol. The van der Waals surface area contributed by atoms with E-state index in [1.165, 1.54) is 6.08 Å². The number of carbonyl (C=O) groups is 1. The molecule has 62 valence electrons. The summed E-state index contributed by atoms with van der Waals surface area (Å²) in [4.78, 5) is 10.4. The minimum atomic E-state index is -2.88. The smallest absolute Gasteiger partial charge is 0.293 e. The average molecular weight is 160 g/mol. The standard InChI is InChI=1S/C8H10F2O/c1-3-4-6(2)5-7(11)8(9)10/h3,8H,1-2,4-5H2. The molecule has 0 radical (unpaired) electrons. The molecule has 0 saturated heterocycles. The van der Waals surface area contributed by atoms with Gasteiger partial charge in [0.15, 0.2) is 0 Å². The zero-order valence-electron chi connectivity index (χ0n) is 6.15. The molecule has 0 rings (SSSR count). The number of Topliss-reactive ketones (excluding diaryl/α,β-unsaturated/α-hetero) is 1. The van der Waals surface area contributed by atoms with E-state index in [9.17, 15) is 13.6 Å². The lowest BCUT2D eigenvalue weighted by Crippen LogP contribution is -2.09. The highest BCUT2D eigenvalue weighted by Crippen LogP contribution is 2.08. The van der Waals surface area contributed by atoms with Crippen molar-refractivity contribution in [3.05, 3.63) is 24.8 Å². The van der Waals surface area contributed by atoms with Crippen molar-refractivity contribution in [2.45, 2.75) is 19.3 Å². The van der Waals surface area contributed by atoms with Gasteiger partial charge in [-0.2, -0.15) is 0 Å². The summed E-state index contributed by atoms with van der Waals surface area (Å²) >= 11 is 0. The topological polar surface area (TPSA) is 17.1 Å². The van der Waals surface area contributed by atoms with E-state index in [-0.39, 0.29) is 6.42 Å². The molecule has 0 aliphatic rings. The highest BCUT2D eigenvalue weighted by Gasteiger charge is 2.15.